The second-order valence-electron chi connectivity index (χ2n) is 4.47. The van der Waals surface area contributed by atoms with E-state index in [4.69, 9.17) is 5.11 Å². The molecule has 102 valence electrons. The number of halogens is 2. The Balaban J connectivity index is 2.32. The molecule has 4 heteroatoms. The zero-order valence-electron chi connectivity index (χ0n) is 10.7. The summed E-state index contributed by atoms with van der Waals surface area (Å²) in [6.45, 7) is 1.56. The fraction of sp³-hybridized carbons (Fsp3) is 0.188. The molecule has 2 rings (SSSR count). The monoisotopic (exact) mass is 274 g/mol. The van der Waals surface area contributed by atoms with Crippen LogP contribution in [0, 0.1) is 23.6 Å². The molecule has 2 unspecified atom stereocenters. The van der Waals surface area contributed by atoms with Gasteiger partial charge < -0.3 is 5.11 Å². The fourth-order valence-electron chi connectivity index (χ4n) is 1.90. The van der Waals surface area contributed by atoms with Crippen molar-refractivity contribution in [2.75, 3.05) is 0 Å². The first-order chi connectivity index (χ1) is 9.50. The van der Waals surface area contributed by atoms with Gasteiger partial charge in [0.25, 0.3) is 0 Å². The van der Waals surface area contributed by atoms with Crippen molar-refractivity contribution < 1.29 is 18.7 Å². The molecule has 0 amide bonds. The number of hydrogen-bond donors (Lipinski definition) is 1. The maximum absolute atomic E-state index is 13.9. The van der Waals surface area contributed by atoms with Gasteiger partial charge in [-0.05, 0) is 24.3 Å². The number of carbonyl (C=O) groups is 1. The second-order valence-corrected chi connectivity index (χ2v) is 4.47. The lowest BCUT2D eigenvalue weighted by molar-refractivity contribution is -0.133. The molecule has 0 spiro atoms. The van der Waals surface area contributed by atoms with Gasteiger partial charge in [-0.2, -0.15) is 0 Å². The summed E-state index contributed by atoms with van der Waals surface area (Å²) in [5.74, 6) is 2.97. The van der Waals surface area contributed by atoms with Crippen LogP contribution in [0.5, 0.6) is 0 Å². The molecular weight excluding hydrogens is 262 g/mol. The van der Waals surface area contributed by atoms with Gasteiger partial charge in [-0.15, -0.1) is 0 Å². The molecule has 1 aliphatic rings. The summed E-state index contributed by atoms with van der Waals surface area (Å²) in [6, 6.07) is 6.04. The molecule has 1 aromatic rings. The van der Waals surface area contributed by atoms with E-state index in [1.54, 1.807) is 19.1 Å². The van der Waals surface area contributed by atoms with E-state index in [2.05, 4.69) is 11.8 Å². The van der Waals surface area contributed by atoms with E-state index in [1.165, 1.54) is 24.3 Å². The largest absolute Gasteiger partial charge is 0.478 e. The van der Waals surface area contributed by atoms with Crippen molar-refractivity contribution in [1.82, 2.24) is 0 Å². The van der Waals surface area contributed by atoms with Crippen LogP contribution in [0.2, 0.25) is 0 Å². The standard InChI is InChI=1S/C16H12F2O2/c1-10-11(8-9-13(15(10)18)16(19)20)6-7-12-4-2-3-5-14(12)17/h2-5,8-10,15H,1H3,(H,19,20). The Morgan fingerprint density at radius 3 is 2.60 bits per heavy atom. The van der Waals surface area contributed by atoms with E-state index in [9.17, 15) is 13.6 Å². The van der Waals surface area contributed by atoms with Crippen molar-refractivity contribution in [2.45, 2.75) is 13.1 Å². The number of allylic oxidation sites excluding steroid dienone is 3. The van der Waals surface area contributed by atoms with Crippen molar-refractivity contribution in [3.8, 4) is 11.8 Å². The average molecular weight is 274 g/mol. The van der Waals surface area contributed by atoms with Crippen molar-refractivity contribution in [1.29, 1.82) is 0 Å². The van der Waals surface area contributed by atoms with E-state index in [0.29, 0.717) is 5.57 Å². The average Bonchev–Trinajstić information content (AvgIpc) is 2.41. The third kappa shape index (κ3) is 2.77. The van der Waals surface area contributed by atoms with Crippen LogP contribution in [0.1, 0.15) is 12.5 Å². The van der Waals surface area contributed by atoms with Crippen LogP contribution < -0.4 is 0 Å². The molecule has 0 heterocycles. The summed E-state index contributed by atoms with van der Waals surface area (Å²) in [6.07, 6.45) is 1.07. The number of aliphatic carboxylic acids is 1. The Labute approximate surface area is 115 Å². The van der Waals surface area contributed by atoms with Crippen LogP contribution in [0.4, 0.5) is 8.78 Å². The highest BCUT2D eigenvalue weighted by atomic mass is 19.1. The Bertz CT molecular complexity index is 663. The zero-order chi connectivity index (χ0) is 14.7. The molecule has 1 N–H and O–H groups in total. The van der Waals surface area contributed by atoms with Crippen LogP contribution in [0.15, 0.2) is 47.6 Å². The quantitative estimate of drug-likeness (QED) is 0.799. The number of benzene rings is 1. The third-order valence-electron chi connectivity index (χ3n) is 3.13. The Kier molecular flexibility index (Phi) is 3.99. The summed E-state index contributed by atoms with van der Waals surface area (Å²) in [4.78, 5) is 10.8. The number of carboxylic acid groups (broad SMARTS) is 1. The lowest BCUT2D eigenvalue weighted by Gasteiger charge is -2.20. The Hall–Kier alpha value is -2.41. The minimum Gasteiger partial charge on any atom is -0.478 e. The second kappa shape index (κ2) is 5.70. The van der Waals surface area contributed by atoms with Crippen molar-refractivity contribution in [2.24, 2.45) is 5.92 Å². The minimum absolute atomic E-state index is 0.226. The predicted octanol–water partition coefficient (Wildman–Crippen LogP) is 3.10. The summed E-state index contributed by atoms with van der Waals surface area (Å²) in [5.41, 5.74) is 0.392. The molecule has 1 aliphatic carbocycles. The molecule has 0 saturated heterocycles. The fourth-order valence-corrected chi connectivity index (χ4v) is 1.90. The lowest BCUT2D eigenvalue weighted by atomic mass is 9.87. The van der Waals surface area contributed by atoms with E-state index in [0.717, 1.165) is 0 Å². The molecule has 2 nitrogen and oxygen atoms in total. The molecule has 2 atom stereocenters. The zero-order valence-corrected chi connectivity index (χ0v) is 10.7. The molecule has 1 aromatic carbocycles. The lowest BCUT2D eigenvalue weighted by Crippen LogP contribution is -2.24. The summed E-state index contributed by atoms with van der Waals surface area (Å²) in [7, 11) is 0. The van der Waals surface area contributed by atoms with Crippen LogP contribution in [0.25, 0.3) is 0 Å². The van der Waals surface area contributed by atoms with E-state index in [1.807, 2.05) is 0 Å². The Morgan fingerprint density at radius 1 is 1.25 bits per heavy atom. The first-order valence-corrected chi connectivity index (χ1v) is 6.06. The first kappa shape index (κ1) is 14.0. The number of alkyl halides is 1. The van der Waals surface area contributed by atoms with Crippen molar-refractivity contribution >= 4 is 5.97 Å². The highest BCUT2D eigenvalue weighted by molar-refractivity contribution is 5.89. The Morgan fingerprint density at radius 2 is 1.95 bits per heavy atom. The number of carboxylic acids is 1. The van der Waals surface area contributed by atoms with Gasteiger partial charge in [0.15, 0.2) is 0 Å². The molecule has 0 radical (unpaired) electrons. The van der Waals surface area contributed by atoms with Gasteiger partial charge in [-0.3, -0.25) is 0 Å². The van der Waals surface area contributed by atoms with Crippen molar-refractivity contribution in [3.05, 3.63) is 58.9 Å². The molecule has 0 bridgehead atoms. The molecule has 20 heavy (non-hydrogen) atoms. The first-order valence-electron chi connectivity index (χ1n) is 6.06. The van der Waals surface area contributed by atoms with Crippen LogP contribution in [0.3, 0.4) is 0 Å². The van der Waals surface area contributed by atoms with Crippen LogP contribution >= 0.6 is 0 Å². The summed E-state index contributed by atoms with van der Waals surface area (Å²) in [5, 5.41) is 8.83. The van der Waals surface area contributed by atoms with Crippen LogP contribution in [-0.4, -0.2) is 17.2 Å². The molecule has 0 aromatic heterocycles. The highest BCUT2D eigenvalue weighted by Crippen LogP contribution is 2.28. The summed E-state index contributed by atoms with van der Waals surface area (Å²) < 4.78 is 27.3. The summed E-state index contributed by atoms with van der Waals surface area (Å²) >= 11 is 0. The van der Waals surface area contributed by atoms with Gasteiger partial charge >= 0.3 is 5.97 Å². The van der Waals surface area contributed by atoms with Crippen LogP contribution in [-0.2, 0) is 4.79 Å². The molecule has 0 fully saturated rings. The smallest absolute Gasteiger partial charge is 0.334 e. The van der Waals surface area contributed by atoms with Gasteiger partial charge in [0.1, 0.15) is 12.0 Å². The SMILES string of the molecule is CC1C(C#Cc2ccccc2F)=CC=C(C(=O)O)C1F. The van der Waals surface area contributed by atoms with Gasteiger partial charge in [0.05, 0.1) is 11.1 Å². The third-order valence-corrected chi connectivity index (χ3v) is 3.13. The predicted molar refractivity (Wildman–Crippen MR) is 71.1 cm³/mol. The molecule has 0 saturated carbocycles. The normalized spacial score (nSPS) is 21.4. The minimum atomic E-state index is -1.61. The van der Waals surface area contributed by atoms with Gasteiger partial charge in [0, 0.05) is 11.5 Å². The van der Waals surface area contributed by atoms with Gasteiger partial charge in [-0.25, -0.2) is 13.6 Å². The topological polar surface area (TPSA) is 37.3 Å². The van der Waals surface area contributed by atoms with E-state index >= 15 is 0 Å². The van der Waals surface area contributed by atoms with Gasteiger partial charge in [0.2, 0.25) is 0 Å². The molecular formula is C16H12F2O2. The number of hydrogen-bond acceptors (Lipinski definition) is 1. The van der Waals surface area contributed by atoms with E-state index < -0.39 is 23.9 Å². The van der Waals surface area contributed by atoms with Gasteiger partial charge in [-0.1, -0.05) is 30.9 Å². The number of rotatable bonds is 1. The maximum Gasteiger partial charge on any atom is 0.334 e. The molecule has 0 aliphatic heterocycles. The van der Waals surface area contributed by atoms with Crippen molar-refractivity contribution in [3.63, 3.8) is 0 Å². The highest BCUT2D eigenvalue weighted by Gasteiger charge is 2.30. The maximum atomic E-state index is 13.9. The van der Waals surface area contributed by atoms with E-state index in [-0.39, 0.29) is 11.1 Å².